The number of rotatable bonds is 7. The topological polar surface area (TPSA) is 75.4 Å². The normalized spacial score (nSPS) is 13.2. The molecule has 0 aliphatic rings. The van der Waals surface area contributed by atoms with E-state index in [2.05, 4.69) is 4.72 Å². The molecule has 3 N–H and O–H groups in total. The fraction of sp³-hybridized carbons (Fsp3) is 0.294. The van der Waals surface area contributed by atoms with Crippen LogP contribution in [0.25, 0.3) is 0 Å². The summed E-state index contributed by atoms with van der Waals surface area (Å²) < 4.78 is 27.2. The molecule has 0 heterocycles. The van der Waals surface area contributed by atoms with Gasteiger partial charge in [-0.15, -0.1) is 0 Å². The van der Waals surface area contributed by atoms with Crippen LogP contribution in [0.2, 0.25) is 0 Å². The van der Waals surface area contributed by atoms with Gasteiger partial charge in [-0.2, -0.15) is 0 Å². The van der Waals surface area contributed by atoms with Crippen molar-refractivity contribution in [2.75, 3.05) is 20.6 Å². The molecule has 0 aliphatic heterocycles. The van der Waals surface area contributed by atoms with Gasteiger partial charge in [-0.3, -0.25) is 0 Å². The lowest BCUT2D eigenvalue weighted by atomic mass is 10.1. The van der Waals surface area contributed by atoms with Crippen molar-refractivity contribution in [2.45, 2.75) is 17.5 Å². The highest BCUT2D eigenvalue weighted by Gasteiger charge is 2.16. The summed E-state index contributed by atoms with van der Waals surface area (Å²) in [6.07, 6.45) is 0. The van der Waals surface area contributed by atoms with Crippen LogP contribution >= 0.6 is 0 Å². The van der Waals surface area contributed by atoms with Crippen LogP contribution in [0.5, 0.6) is 0 Å². The van der Waals surface area contributed by atoms with E-state index in [4.69, 9.17) is 5.73 Å². The molecule has 0 saturated carbocycles. The first kappa shape index (κ1) is 17.6. The first-order chi connectivity index (χ1) is 10.9. The minimum Gasteiger partial charge on any atom is -0.323 e. The molecule has 0 radical (unpaired) electrons. The lowest BCUT2D eigenvalue weighted by molar-refractivity contribution is 0.402. The molecule has 1 atom stereocenters. The van der Waals surface area contributed by atoms with Crippen LogP contribution in [0.1, 0.15) is 17.2 Å². The Hall–Kier alpha value is -1.73. The van der Waals surface area contributed by atoms with Gasteiger partial charge in [0.2, 0.25) is 10.0 Å². The van der Waals surface area contributed by atoms with Gasteiger partial charge in [0.25, 0.3) is 0 Å². The average molecular weight is 333 g/mol. The van der Waals surface area contributed by atoms with Crippen LogP contribution in [-0.4, -0.2) is 34.0 Å². The molecule has 0 bridgehead atoms. The Balaban J connectivity index is 2.01. The highest BCUT2D eigenvalue weighted by atomic mass is 32.2. The van der Waals surface area contributed by atoms with E-state index in [-0.39, 0.29) is 17.5 Å². The molecule has 0 aliphatic carbocycles. The molecule has 0 aromatic heterocycles. The molecule has 0 saturated heterocycles. The van der Waals surface area contributed by atoms with E-state index in [1.807, 2.05) is 61.5 Å². The van der Waals surface area contributed by atoms with Crippen LogP contribution in [0.15, 0.2) is 59.5 Å². The third-order valence-electron chi connectivity index (χ3n) is 3.45. The third kappa shape index (κ3) is 5.14. The number of nitrogens with zero attached hydrogens (tertiary/aromatic N) is 1. The summed E-state index contributed by atoms with van der Waals surface area (Å²) in [5.74, 6) is 0. The Bertz CT molecular complexity index is 713. The first-order valence-electron chi connectivity index (χ1n) is 7.42. The number of hydrogen-bond donors (Lipinski definition) is 2. The van der Waals surface area contributed by atoms with E-state index >= 15 is 0 Å². The summed E-state index contributed by atoms with van der Waals surface area (Å²) >= 11 is 0. The van der Waals surface area contributed by atoms with Gasteiger partial charge in [-0.1, -0.05) is 42.5 Å². The molecule has 124 valence electrons. The van der Waals surface area contributed by atoms with Gasteiger partial charge in [0.05, 0.1) is 4.90 Å². The van der Waals surface area contributed by atoms with Crippen LogP contribution < -0.4 is 10.5 Å². The molecule has 2 rings (SSSR count). The molecule has 0 amide bonds. The van der Waals surface area contributed by atoms with Gasteiger partial charge in [0.1, 0.15) is 0 Å². The zero-order valence-electron chi connectivity index (χ0n) is 13.4. The van der Waals surface area contributed by atoms with Crippen molar-refractivity contribution >= 4 is 10.0 Å². The van der Waals surface area contributed by atoms with Crippen molar-refractivity contribution in [3.05, 3.63) is 65.7 Å². The van der Waals surface area contributed by atoms with Crippen LogP contribution in [0, 0.1) is 0 Å². The maximum Gasteiger partial charge on any atom is 0.240 e. The zero-order chi connectivity index (χ0) is 16.9. The predicted molar refractivity (Wildman–Crippen MR) is 92.4 cm³/mol. The minimum absolute atomic E-state index is 0.159. The van der Waals surface area contributed by atoms with E-state index in [0.29, 0.717) is 0 Å². The van der Waals surface area contributed by atoms with Crippen LogP contribution in [0.3, 0.4) is 0 Å². The highest BCUT2D eigenvalue weighted by Crippen LogP contribution is 2.13. The van der Waals surface area contributed by atoms with Crippen molar-refractivity contribution in [1.29, 1.82) is 0 Å². The van der Waals surface area contributed by atoms with E-state index in [9.17, 15) is 8.42 Å². The van der Waals surface area contributed by atoms with Gasteiger partial charge >= 0.3 is 0 Å². The Labute approximate surface area is 138 Å². The lowest BCUT2D eigenvalue weighted by Gasteiger charge is -2.14. The molecular weight excluding hydrogens is 310 g/mol. The van der Waals surface area contributed by atoms with Crippen molar-refractivity contribution < 1.29 is 8.42 Å². The summed E-state index contributed by atoms with van der Waals surface area (Å²) in [5.41, 5.74) is 7.99. The predicted octanol–water partition coefficient (Wildman–Crippen LogP) is 1.73. The third-order valence-corrected chi connectivity index (χ3v) is 4.89. The molecule has 0 spiro atoms. The Morgan fingerprint density at radius 3 is 2.22 bits per heavy atom. The Morgan fingerprint density at radius 2 is 1.65 bits per heavy atom. The maximum atomic E-state index is 12.3. The van der Waals surface area contributed by atoms with E-state index in [1.165, 1.54) is 0 Å². The van der Waals surface area contributed by atoms with Crippen molar-refractivity contribution in [3.8, 4) is 0 Å². The van der Waals surface area contributed by atoms with Crippen LogP contribution in [-0.2, 0) is 16.6 Å². The average Bonchev–Trinajstić information content (AvgIpc) is 2.53. The standard InChI is InChI=1S/C17H23N3O2S/c1-20(2)13-14-8-10-16(11-9-14)23(21,22)19-12-17(18)15-6-4-3-5-7-15/h3-11,17,19H,12-13,18H2,1-2H3. The summed E-state index contributed by atoms with van der Waals surface area (Å²) in [5, 5.41) is 0. The van der Waals surface area contributed by atoms with Gasteiger partial charge in [0.15, 0.2) is 0 Å². The number of sulfonamides is 1. The second-order valence-corrected chi connectivity index (χ2v) is 7.52. The molecular formula is C17H23N3O2S. The number of nitrogens with one attached hydrogen (secondary N) is 1. The van der Waals surface area contributed by atoms with E-state index in [0.717, 1.165) is 17.7 Å². The minimum atomic E-state index is -3.55. The Morgan fingerprint density at radius 1 is 1.04 bits per heavy atom. The van der Waals surface area contributed by atoms with Crippen molar-refractivity contribution in [1.82, 2.24) is 9.62 Å². The van der Waals surface area contributed by atoms with Gasteiger partial charge in [-0.05, 0) is 37.4 Å². The summed E-state index contributed by atoms with van der Waals surface area (Å²) in [6, 6.07) is 15.9. The largest absolute Gasteiger partial charge is 0.323 e. The molecule has 2 aromatic carbocycles. The second kappa shape index (κ2) is 7.70. The van der Waals surface area contributed by atoms with Crippen molar-refractivity contribution in [3.63, 3.8) is 0 Å². The summed E-state index contributed by atoms with van der Waals surface area (Å²) in [7, 11) is 0.387. The lowest BCUT2D eigenvalue weighted by Crippen LogP contribution is -2.32. The monoisotopic (exact) mass is 333 g/mol. The molecule has 5 nitrogen and oxygen atoms in total. The molecule has 0 fully saturated rings. The zero-order valence-corrected chi connectivity index (χ0v) is 14.3. The number of nitrogens with two attached hydrogens (primary N) is 1. The molecule has 23 heavy (non-hydrogen) atoms. The summed E-state index contributed by atoms with van der Waals surface area (Å²) in [4.78, 5) is 2.28. The fourth-order valence-electron chi connectivity index (χ4n) is 2.24. The molecule has 2 aromatic rings. The van der Waals surface area contributed by atoms with Crippen molar-refractivity contribution in [2.24, 2.45) is 5.73 Å². The molecule has 1 unspecified atom stereocenters. The first-order valence-corrected chi connectivity index (χ1v) is 8.90. The highest BCUT2D eigenvalue weighted by molar-refractivity contribution is 7.89. The van der Waals surface area contributed by atoms with Gasteiger partial charge in [0, 0.05) is 19.1 Å². The quantitative estimate of drug-likeness (QED) is 0.809. The fourth-order valence-corrected chi connectivity index (χ4v) is 3.30. The van der Waals surface area contributed by atoms with Crippen LogP contribution in [0.4, 0.5) is 0 Å². The van der Waals surface area contributed by atoms with Gasteiger partial charge < -0.3 is 10.6 Å². The maximum absolute atomic E-state index is 12.3. The van der Waals surface area contributed by atoms with E-state index in [1.54, 1.807) is 12.1 Å². The van der Waals surface area contributed by atoms with E-state index < -0.39 is 10.0 Å². The Kier molecular flexibility index (Phi) is 5.90. The second-order valence-electron chi connectivity index (χ2n) is 5.75. The van der Waals surface area contributed by atoms with Gasteiger partial charge in [-0.25, -0.2) is 13.1 Å². The summed E-state index contributed by atoms with van der Waals surface area (Å²) in [6.45, 7) is 0.929. The molecule has 6 heteroatoms. The SMILES string of the molecule is CN(C)Cc1ccc(S(=O)(=O)NCC(N)c2ccccc2)cc1. The number of benzene rings is 2. The smallest absolute Gasteiger partial charge is 0.240 e. The number of hydrogen-bond acceptors (Lipinski definition) is 4.